The maximum absolute atomic E-state index is 10.9. The highest BCUT2D eigenvalue weighted by molar-refractivity contribution is 7.95. The number of hydrogen-bond donors (Lipinski definition) is 0. The van der Waals surface area contributed by atoms with Crippen molar-refractivity contribution in [2.75, 3.05) is 6.66 Å². The Morgan fingerprint density at radius 3 is 1.34 bits per heavy atom. The minimum absolute atomic E-state index is 0.113. The lowest BCUT2D eigenvalue weighted by Gasteiger charge is -2.22. The highest BCUT2D eigenvalue weighted by Crippen LogP contribution is 2.51. The van der Waals surface area contributed by atoms with Crippen LogP contribution in [0.2, 0.25) is 0 Å². The molecular weight excluding hydrogens is 443 g/mol. The van der Waals surface area contributed by atoms with Gasteiger partial charge in [0.1, 0.15) is 23.2 Å². The fourth-order valence-corrected chi connectivity index (χ4v) is 7.59. The number of hydrogen-bond acceptors (Lipinski definition) is 1. The molecule has 0 aliphatic rings. The average molecular weight is 483 g/mol. The van der Waals surface area contributed by atoms with Crippen LogP contribution < -0.4 is 21.0 Å². The first-order chi connectivity index (χ1) is 17.1. The van der Waals surface area contributed by atoms with Crippen molar-refractivity contribution in [3.05, 3.63) is 121 Å². The molecule has 0 bridgehead atoms. The van der Waals surface area contributed by atoms with Gasteiger partial charge in [-0.2, -0.15) is 0 Å². The SMILES string of the molecule is CCCCCCCCc1ccc([O-])cc1.C[P+](c1ccccc1)(c1ccccc1)c1ccccc1. The molecule has 2 heteroatoms. The molecule has 0 spiro atoms. The van der Waals surface area contributed by atoms with Gasteiger partial charge in [-0.25, -0.2) is 0 Å². The third-order valence-corrected chi connectivity index (χ3v) is 10.6. The Bertz CT molecular complexity index is 980. The Hall–Kier alpha value is -2.89. The van der Waals surface area contributed by atoms with Crippen LogP contribution in [-0.4, -0.2) is 6.66 Å². The van der Waals surface area contributed by atoms with Crippen LogP contribution in [0.5, 0.6) is 5.75 Å². The first-order valence-corrected chi connectivity index (χ1v) is 15.2. The van der Waals surface area contributed by atoms with Crippen LogP contribution >= 0.6 is 7.26 Å². The van der Waals surface area contributed by atoms with Gasteiger partial charge >= 0.3 is 0 Å². The van der Waals surface area contributed by atoms with Gasteiger partial charge in [0.15, 0.2) is 0 Å². The van der Waals surface area contributed by atoms with Crippen LogP contribution in [0.15, 0.2) is 115 Å². The fourth-order valence-electron chi connectivity index (χ4n) is 4.39. The van der Waals surface area contributed by atoms with Gasteiger partial charge in [-0.15, -0.1) is 5.75 Å². The second-order valence-corrected chi connectivity index (χ2v) is 12.7. The number of aryl methyl sites for hydroxylation is 1. The Morgan fingerprint density at radius 2 is 0.914 bits per heavy atom. The van der Waals surface area contributed by atoms with Crippen LogP contribution in [0.25, 0.3) is 0 Å². The molecule has 0 heterocycles. The summed E-state index contributed by atoms with van der Waals surface area (Å²) in [6, 6.07) is 39.9. The smallest absolute Gasteiger partial charge is 0.109 e. The Labute approximate surface area is 213 Å². The van der Waals surface area contributed by atoms with Gasteiger partial charge in [-0.05, 0) is 54.8 Å². The Kier molecular flexibility index (Phi) is 11.1. The highest BCUT2D eigenvalue weighted by Gasteiger charge is 2.39. The molecule has 0 amide bonds. The van der Waals surface area contributed by atoms with Crippen LogP contribution in [0.3, 0.4) is 0 Å². The zero-order valence-electron chi connectivity index (χ0n) is 21.3. The topological polar surface area (TPSA) is 23.1 Å². The van der Waals surface area contributed by atoms with Crippen molar-refractivity contribution in [1.82, 2.24) is 0 Å². The monoisotopic (exact) mass is 482 g/mol. The summed E-state index contributed by atoms with van der Waals surface area (Å²) >= 11 is 0. The van der Waals surface area contributed by atoms with E-state index in [4.69, 9.17) is 0 Å². The van der Waals surface area contributed by atoms with E-state index >= 15 is 0 Å². The molecular formula is C33H39OP. The van der Waals surface area contributed by atoms with Gasteiger partial charge < -0.3 is 5.11 Å². The fraction of sp³-hybridized carbons (Fsp3) is 0.273. The molecule has 0 aromatic heterocycles. The van der Waals surface area contributed by atoms with E-state index < -0.39 is 7.26 Å². The summed E-state index contributed by atoms with van der Waals surface area (Å²) in [5.41, 5.74) is 1.30. The van der Waals surface area contributed by atoms with Crippen LogP contribution in [-0.2, 0) is 6.42 Å². The molecule has 0 aliphatic carbocycles. The van der Waals surface area contributed by atoms with E-state index in [9.17, 15) is 5.11 Å². The molecule has 0 radical (unpaired) electrons. The summed E-state index contributed by atoms with van der Waals surface area (Å²) in [7, 11) is -1.53. The van der Waals surface area contributed by atoms with E-state index in [1.165, 1.54) is 60.0 Å². The number of unbranched alkanes of at least 4 members (excludes halogenated alkanes) is 5. The van der Waals surface area contributed by atoms with Crippen LogP contribution in [0.1, 0.15) is 51.0 Å². The molecule has 0 fully saturated rings. The molecule has 0 atom stereocenters. The molecule has 4 rings (SSSR count). The summed E-state index contributed by atoms with van der Waals surface area (Å²) in [6.45, 7) is 4.65. The maximum Gasteiger partial charge on any atom is 0.109 e. The van der Waals surface area contributed by atoms with Gasteiger partial charge in [0.25, 0.3) is 0 Å². The van der Waals surface area contributed by atoms with Gasteiger partial charge in [0, 0.05) is 0 Å². The molecule has 0 N–H and O–H groups in total. The normalized spacial score (nSPS) is 10.9. The third kappa shape index (κ3) is 8.08. The molecule has 0 aliphatic heterocycles. The maximum atomic E-state index is 10.9. The van der Waals surface area contributed by atoms with Crippen molar-refractivity contribution in [3.63, 3.8) is 0 Å². The third-order valence-electron chi connectivity index (χ3n) is 6.56. The van der Waals surface area contributed by atoms with E-state index in [1.54, 1.807) is 12.1 Å². The van der Waals surface area contributed by atoms with E-state index in [0.717, 1.165) is 6.42 Å². The molecule has 35 heavy (non-hydrogen) atoms. The molecule has 0 saturated carbocycles. The molecule has 4 aromatic carbocycles. The second-order valence-electron chi connectivity index (χ2n) is 9.17. The lowest BCUT2D eigenvalue weighted by Crippen LogP contribution is -2.30. The summed E-state index contributed by atoms with van der Waals surface area (Å²) in [5, 5.41) is 15.2. The average Bonchev–Trinajstić information content (AvgIpc) is 2.93. The van der Waals surface area contributed by atoms with Crippen molar-refractivity contribution in [2.24, 2.45) is 0 Å². The Balaban J connectivity index is 0.000000205. The van der Waals surface area contributed by atoms with Crippen molar-refractivity contribution >= 4 is 23.2 Å². The Morgan fingerprint density at radius 1 is 0.514 bits per heavy atom. The zero-order valence-corrected chi connectivity index (χ0v) is 22.2. The molecule has 0 unspecified atom stereocenters. The quantitative estimate of drug-likeness (QED) is 0.172. The van der Waals surface area contributed by atoms with Crippen LogP contribution in [0, 0.1) is 0 Å². The minimum atomic E-state index is -1.53. The van der Waals surface area contributed by atoms with E-state index in [1.807, 2.05) is 12.1 Å². The largest absolute Gasteiger partial charge is 0.872 e. The van der Waals surface area contributed by atoms with E-state index in [2.05, 4.69) is 105 Å². The minimum Gasteiger partial charge on any atom is -0.872 e. The van der Waals surface area contributed by atoms with Crippen molar-refractivity contribution < 1.29 is 5.11 Å². The van der Waals surface area contributed by atoms with E-state index in [-0.39, 0.29) is 5.75 Å². The number of benzene rings is 4. The first kappa shape index (κ1) is 26.7. The van der Waals surface area contributed by atoms with Crippen molar-refractivity contribution in [2.45, 2.75) is 51.9 Å². The summed E-state index contributed by atoms with van der Waals surface area (Å²) in [5.74, 6) is 0.113. The van der Waals surface area contributed by atoms with Crippen LogP contribution in [0.4, 0.5) is 0 Å². The predicted octanol–water partition coefficient (Wildman–Crippen LogP) is 7.27. The van der Waals surface area contributed by atoms with Crippen molar-refractivity contribution in [1.29, 1.82) is 0 Å². The van der Waals surface area contributed by atoms with Gasteiger partial charge in [-0.1, -0.05) is 118 Å². The standard InChI is InChI=1S/C19H18P.C14H22O/c1-20(17-11-5-2-6-12-17,18-13-7-3-8-14-18)19-15-9-4-10-16-19;1-2-3-4-5-6-7-8-13-9-11-14(15)12-10-13/h2-16H,1H3;9-12,15H,2-8H2,1H3/q+1;/p-1. The second kappa shape index (κ2) is 14.5. The summed E-state index contributed by atoms with van der Waals surface area (Å²) in [4.78, 5) is 0. The van der Waals surface area contributed by atoms with Gasteiger partial charge in [-0.3, -0.25) is 0 Å². The molecule has 1 nitrogen and oxygen atoms in total. The van der Waals surface area contributed by atoms with E-state index in [0.29, 0.717) is 0 Å². The summed E-state index contributed by atoms with van der Waals surface area (Å²) < 4.78 is 0. The molecule has 4 aromatic rings. The highest BCUT2D eigenvalue weighted by atomic mass is 31.2. The van der Waals surface area contributed by atoms with Crippen molar-refractivity contribution in [3.8, 4) is 5.75 Å². The number of rotatable bonds is 10. The zero-order chi connectivity index (χ0) is 24.8. The lowest BCUT2D eigenvalue weighted by atomic mass is 10.1. The lowest BCUT2D eigenvalue weighted by molar-refractivity contribution is -0.268. The predicted molar refractivity (Wildman–Crippen MR) is 154 cm³/mol. The molecule has 182 valence electrons. The summed E-state index contributed by atoms with van der Waals surface area (Å²) in [6.07, 6.45) is 9.09. The van der Waals surface area contributed by atoms with Gasteiger partial charge in [0.2, 0.25) is 0 Å². The molecule has 0 saturated heterocycles. The first-order valence-electron chi connectivity index (χ1n) is 12.9. The van der Waals surface area contributed by atoms with Gasteiger partial charge in [0.05, 0.1) is 6.66 Å².